The van der Waals surface area contributed by atoms with Crippen LogP contribution in [0.4, 0.5) is 0 Å². The van der Waals surface area contributed by atoms with E-state index < -0.39 is 0 Å². The van der Waals surface area contributed by atoms with Gasteiger partial charge in [0.2, 0.25) is 0 Å². The molecule has 2 aliphatic rings. The summed E-state index contributed by atoms with van der Waals surface area (Å²) in [5.41, 5.74) is 0.181. The fourth-order valence-corrected chi connectivity index (χ4v) is 3.83. The lowest BCUT2D eigenvalue weighted by atomic mass is 9.70. The first-order valence-corrected chi connectivity index (χ1v) is 6.10. The number of fused-ring (bicyclic) bond motifs is 2. The Morgan fingerprint density at radius 1 is 1.40 bits per heavy atom. The Kier molecular flexibility index (Phi) is 2.33. The molecule has 0 aromatic heterocycles. The summed E-state index contributed by atoms with van der Waals surface area (Å²) in [6.45, 7) is 8.80. The molecule has 2 rings (SSSR count). The molecule has 1 nitrogen and oxygen atoms in total. The Morgan fingerprint density at radius 2 is 2.07 bits per heavy atom. The maximum absolute atomic E-state index is 12.4. The lowest BCUT2D eigenvalue weighted by Crippen LogP contribution is -2.33. The van der Waals surface area contributed by atoms with Crippen LogP contribution in [0.2, 0.25) is 0 Å². The second-order valence-corrected chi connectivity index (χ2v) is 5.97. The number of ketones is 1. The van der Waals surface area contributed by atoms with E-state index in [-0.39, 0.29) is 10.8 Å². The van der Waals surface area contributed by atoms with E-state index in [9.17, 15) is 4.79 Å². The molecule has 0 unspecified atom stereocenters. The van der Waals surface area contributed by atoms with E-state index in [1.807, 2.05) is 6.92 Å². The van der Waals surface area contributed by atoms with E-state index in [2.05, 4.69) is 32.9 Å². The van der Waals surface area contributed by atoms with Gasteiger partial charge in [-0.1, -0.05) is 32.9 Å². The molecule has 2 bridgehead atoms. The summed E-state index contributed by atoms with van der Waals surface area (Å²) in [7, 11) is 0. The highest BCUT2D eigenvalue weighted by Crippen LogP contribution is 2.66. The normalized spacial score (nSPS) is 43.1. The molecule has 0 aliphatic heterocycles. The van der Waals surface area contributed by atoms with Gasteiger partial charge in [-0.3, -0.25) is 4.79 Å². The first-order chi connectivity index (χ1) is 6.95. The quantitative estimate of drug-likeness (QED) is 0.631. The van der Waals surface area contributed by atoms with Crippen molar-refractivity contribution in [1.82, 2.24) is 0 Å². The van der Waals surface area contributed by atoms with Crippen LogP contribution in [-0.2, 0) is 4.79 Å². The van der Waals surface area contributed by atoms with E-state index >= 15 is 0 Å². The second kappa shape index (κ2) is 3.20. The molecular formula is C14H22O. The summed E-state index contributed by atoms with van der Waals surface area (Å²) < 4.78 is 0. The van der Waals surface area contributed by atoms with Gasteiger partial charge >= 0.3 is 0 Å². The van der Waals surface area contributed by atoms with Gasteiger partial charge in [-0.25, -0.2) is 0 Å². The van der Waals surface area contributed by atoms with Crippen molar-refractivity contribution in [3.8, 4) is 0 Å². The van der Waals surface area contributed by atoms with Crippen molar-refractivity contribution in [3.63, 3.8) is 0 Å². The number of hydrogen-bond acceptors (Lipinski definition) is 1. The van der Waals surface area contributed by atoms with E-state index in [0.29, 0.717) is 17.6 Å². The highest BCUT2D eigenvalue weighted by molar-refractivity contribution is 5.91. The minimum atomic E-state index is -0.0378. The zero-order valence-corrected chi connectivity index (χ0v) is 10.3. The molecular weight excluding hydrogens is 184 g/mol. The van der Waals surface area contributed by atoms with Crippen molar-refractivity contribution in [1.29, 1.82) is 0 Å². The summed E-state index contributed by atoms with van der Waals surface area (Å²) in [5, 5.41) is 0. The number of rotatable bonds is 2. The molecule has 0 spiro atoms. The maximum atomic E-state index is 12.4. The van der Waals surface area contributed by atoms with Gasteiger partial charge in [0, 0.05) is 11.3 Å². The van der Waals surface area contributed by atoms with Gasteiger partial charge in [0.05, 0.1) is 0 Å². The van der Waals surface area contributed by atoms with Crippen LogP contribution in [0.1, 0.15) is 47.0 Å². The topological polar surface area (TPSA) is 17.1 Å². The van der Waals surface area contributed by atoms with E-state index in [4.69, 9.17) is 0 Å². The SMILES string of the molecule is C/C=C/C[C@@H]1C(=O)[C@]2(C)CC[C@H]1C2(C)C. The minimum absolute atomic E-state index is 0.0378. The summed E-state index contributed by atoms with van der Waals surface area (Å²) in [6.07, 6.45) is 7.53. The molecule has 0 aromatic carbocycles. The monoisotopic (exact) mass is 206 g/mol. The van der Waals surface area contributed by atoms with Crippen molar-refractivity contribution in [2.24, 2.45) is 22.7 Å². The summed E-state index contributed by atoms with van der Waals surface area (Å²) >= 11 is 0. The van der Waals surface area contributed by atoms with Crippen molar-refractivity contribution in [3.05, 3.63) is 12.2 Å². The van der Waals surface area contributed by atoms with Crippen LogP contribution in [0.5, 0.6) is 0 Å². The smallest absolute Gasteiger partial charge is 0.142 e. The van der Waals surface area contributed by atoms with E-state index in [1.54, 1.807) is 0 Å². The Hall–Kier alpha value is -0.590. The molecule has 0 amide bonds. The molecule has 2 saturated carbocycles. The van der Waals surface area contributed by atoms with Crippen LogP contribution in [0.15, 0.2) is 12.2 Å². The minimum Gasteiger partial charge on any atom is -0.299 e. The van der Waals surface area contributed by atoms with Crippen LogP contribution < -0.4 is 0 Å². The summed E-state index contributed by atoms with van der Waals surface area (Å²) in [6, 6.07) is 0. The van der Waals surface area contributed by atoms with Crippen LogP contribution in [0.3, 0.4) is 0 Å². The molecule has 2 fully saturated rings. The molecule has 0 aromatic rings. The zero-order chi connectivity index (χ0) is 11.3. The molecule has 84 valence electrons. The van der Waals surface area contributed by atoms with Crippen LogP contribution in [-0.4, -0.2) is 5.78 Å². The lowest BCUT2D eigenvalue weighted by Gasteiger charge is -2.32. The van der Waals surface area contributed by atoms with Crippen LogP contribution >= 0.6 is 0 Å². The predicted molar refractivity (Wildman–Crippen MR) is 62.5 cm³/mol. The summed E-state index contributed by atoms with van der Waals surface area (Å²) in [5.74, 6) is 1.45. The molecule has 1 heteroatoms. The average molecular weight is 206 g/mol. The Morgan fingerprint density at radius 3 is 2.53 bits per heavy atom. The van der Waals surface area contributed by atoms with Crippen molar-refractivity contribution in [2.75, 3.05) is 0 Å². The van der Waals surface area contributed by atoms with Crippen molar-refractivity contribution < 1.29 is 4.79 Å². The van der Waals surface area contributed by atoms with Gasteiger partial charge in [0.1, 0.15) is 5.78 Å². The Bertz CT molecular complexity index is 313. The lowest BCUT2D eigenvalue weighted by molar-refractivity contribution is -0.131. The molecule has 15 heavy (non-hydrogen) atoms. The standard InChI is InChI=1S/C14H22O/c1-5-6-7-10-11-8-9-14(4,12(10)15)13(11,2)3/h5-6,10-11H,7-9H2,1-4H3/b6-5+/t10-,11+,14-/m0/s1. The van der Waals surface area contributed by atoms with Crippen LogP contribution in [0, 0.1) is 22.7 Å². The van der Waals surface area contributed by atoms with Gasteiger partial charge in [-0.15, -0.1) is 0 Å². The molecule has 3 atom stereocenters. The molecule has 0 saturated heterocycles. The molecule has 0 radical (unpaired) electrons. The van der Waals surface area contributed by atoms with Crippen LogP contribution in [0.25, 0.3) is 0 Å². The first-order valence-electron chi connectivity index (χ1n) is 6.10. The van der Waals surface area contributed by atoms with Gasteiger partial charge in [0.15, 0.2) is 0 Å². The van der Waals surface area contributed by atoms with Gasteiger partial charge in [-0.05, 0) is 37.5 Å². The molecule has 0 N–H and O–H groups in total. The Labute approximate surface area is 92.9 Å². The van der Waals surface area contributed by atoms with Gasteiger partial charge in [0.25, 0.3) is 0 Å². The number of allylic oxidation sites excluding steroid dienone is 2. The number of Topliss-reactive ketones (excluding diaryl/α,β-unsaturated/α-hetero) is 1. The first kappa shape index (κ1) is 10.9. The third-order valence-electron chi connectivity index (χ3n) is 5.30. The molecule has 2 aliphatic carbocycles. The van der Waals surface area contributed by atoms with E-state index in [0.717, 1.165) is 12.8 Å². The highest BCUT2D eigenvalue weighted by atomic mass is 16.1. The van der Waals surface area contributed by atoms with Gasteiger partial charge < -0.3 is 0 Å². The zero-order valence-electron chi connectivity index (χ0n) is 10.3. The fourth-order valence-electron chi connectivity index (χ4n) is 3.83. The predicted octanol–water partition coefficient (Wildman–Crippen LogP) is 3.59. The largest absolute Gasteiger partial charge is 0.299 e. The van der Waals surface area contributed by atoms with Gasteiger partial charge in [-0.2, -0.15) is 0 Å². The fraction of sp³-hybridized carbons (Fsp3) is 0.786. The Balaban J connectivity index is 2.30. The third-order valence-corrected chi connectivity index (χ3v) is 5.30. The average Bonchev–Trinajstić information content (AvgIpc) is 2.48. The number of hydrogen-bond donors (Lipinski definition) is 0. The maximum Gasteiger partial charge on any atom is 0.142 e. The summed E-state index contributed by atoms with van der Waals surface area (Å²) in [4.78, 5) is 12.4. The van der Waals surface area contributed by atoms with Crippen molar-refractivity contribution in [2.45, 2.75) is 47.0 Å². The van der Waals surface area contributed by atoms with Crippen molar-refractivity contribution >= 4 is 5.78 Å². The highest BCUT2D eigenvalue weighted by Gasteiger charge is 2.65. The molecule has 0 heterocycles. The van der Waals surface area contributed by atoms with E-state index in [1.165, 1.54) is 6.42 Å². The second-order valence-electron chi connectivity index (χ2n) is 5.97. The third kappa shape index (κ3) is 1.18. The number of carbonyl (C=O) groups excluding carboxylic acids is 1. The number of carbonyl (C=O) groups is 1.